The van der Waals surface area contributed by atoms with Crippen LogP contribution in [0.15, 0.2) is 18.2 Å². The Kier molecular flexibility index (Phi) is 2.77. The summed E-state index contributed by atoms with van der Waals surface area (Å²) in [6.07, 6.45) is 2.42. The summed E-state index contributed by atoms with van der Waals surface area (Å²) < 4.78 is 13.3. The van der Waals surface area contributed by atoms with E-state index in [9.17, 15) is 4.39 Å². The minimum Gasteiger partial charge on any atom is -0.207 e. The van der Waals surface area contributed by atoms with E-state index < -0.39 is 0 Å². The first kappa shape index (κ1) is 10.2. The molecular weight excluding hydrogens is 187 g/mol. The summed E-state index contributed by atoms with van der Waals surface area (Å²) in [4.78, 5) is 0. The molecule has 1 heteroatoms. The normalized spacial score (nSPS) is 14.9. The molecule has 0 amide bonds. The van der Waals surface area contributed by atoms with Gasteiger partial charge in [0.15, 0.2) is 0 Å². The first-order valence-electron chi connectivity index (χ1n) is 5.47. The van der Waals surface area contributed by atoms with E-state index in [1.54, 1.807) is 6.07 Å². The van der Waals surface area contributed by atoms with Gasteiger partial charge in [0.25, 0.3) is 0 Å². The van der Waals surface area contributed by atoms with Crippen LogP contribution in [0.3, 0.4) is 0 Å². The van der Waals surface area contributed by atoms with Crippen molar-refractivity contribution in [3.8, 4) is 11.8 Å². The second-order valence-electron chi connectivity index (χ2n) is 4.47. The predicted molar refractivity (Wildman–Crippen MR) is 60.1 cm³/mol. The largest absolute Gasteiger partial charge is 0.207 e. The topological polar surface area (TPSA) is 0 Å². The van der Waals surface area contributed by atoms with Gasteiger partial charge in [-0.15, -0.1) is 0 Å². The van der Waals surface area contributed by atoms with E-state index in [-0.39, 0.29) is 5.82 Å². The monoisotopic (exact) mass is 202 g/mol. The molecular formula is C14H15F. The van der Waals surface area contributed by atoms with Crippen molar-refractivity contribution >= 4 is 0 Å². The van der Waals surface area contributed by atoms with E-state index in [1.807, 2.05) is 6.07 Å². The molecule has 2 rings (SSSR count). The third-order valence-electron chi connectivity index (χ3n) is 2.58. The number of hydrogen-bond donors (Lipinski definition) is 0. The van der Waals surface area contributed by atoms with Gasteiger partial charge in [-0.25, -0.2) is 4.39 Å². The highest BCUT2D eigenvalue weighted by atomic mass is 19.1. The fourth-order valence-corrected chi connectivity index (χ4v) is 1.43. The SMILES string of the molecule is CC(C)c1cc(F)cc(C#CC2CC2)c1. The predicted octanol–water partition coefficient (Wildman–Crippen LogP) is 3.71. The van der Waals surface area contributed by atoms with E-state index in [0.29, 0.717) is 11.8 Å². The third kappa shape index (κ3) is 2.83. The molecule has 1 aromatic carbocycles. The van der Waals surface area contributed by atoms with Gasteiger partial charge < -0.3 is 0 Å². The summed E-state index contributed by atoms with van der Waals surface area (Å²) in [6.45, 7) is 4.12. The van der Waals surface area contributed by atoms with Gasteiger partial charge in [-0.3, -0.25) is 0 Å². The van der Waals surface area contributed by atoms with Crippen molar-refractivity contribution in [2.75, 3.05) is 0 Å². The van der Waals surface area contributed by atoms with Crippen molar-refractivity contribution in [3.63, 3.8) is 0 Å². The number of rotatable bonds is 1. The van der Waals surface area contributed by atoms with Gasteiger partial charge in [0, 0.05) is 11.5 Å². The van der Waals surface area contributed by atoms with Crippen LogP contribution in [0.4, 0.5) is 4.39 Å². The lowest BCUT2D eigenvalue weighted by Gasteiger charge is -2.05. The van der Waals surface area contributed by atoms with Gasteiger partial charge in [0.05, 0.1) is 0 Å². The van der Waals surface area contributed by atoms with Gasteiger partial charge in [-0.2, -0.15) is 0 Å². The molecule has 0 spiro atoms. The Morgan fingerprint density at radius 3 is 2.60 bits per heavy atom. The van der Waals surface area contributed by atoms with E-state index in [4.69, 9.17) is 0 Å². The summed E-state index contributed by atoms with van der Waals surface area (Å²) in [5.41, 5.74) is 1.83. The molecule has 0 saturated heterocycles. The number of hydrogen-bond acceptors (Lipinski definition) is 0. The second kappa shape index (κ2) is 4.06. The number of halogens is 1. The van der Waals surface area contributed by atoms with Crippen molar-refractivity contribution in [1.29, 1.82) is 0 Å². The van der Waals surface area contributed by atoms with E-state index in [1.165, 1.54) is 18.9 Å². The number of benzene rings is 1. The molecule has 0 bridgehead atoms. The first-order valence-corrected chi connectivity index (χ1v) is 5.47. The van der Waals surface area contributed by atoms with Crippen LogP contribution in [0.5, 0.6) is 0 Å². The lowest BCUT2D eigenvalue weighted by atomic mass is 10.0. The lowest BCUT2D eigenvalue weighted by Crippen LogP contribution is -1.90. The Balaban J connectivity index is 2.27. The Morgan fingerprint density at radius 1 is 1.27 bits per heavy atom. The molecule has 0 unspecified atom stereocenters. The second-order valence-corrected chi connectivity index (χ2v) is 4.47. The summed E-state index contributed by atoms with van der Waals surface area (Å²) in [5, 5.41) is 0. The molecule has 1 aromatic rings. The zero-order valence-corrected chi connectivity index (χ0v) is 9.18. The van der Waals surface area contributed by atoms with Gasteiger partial charge in [-0.05, 0) is 42.5 Å². The van der Waals surface area contributed by atoms with Crippen molar-refractivity contribution in [1.82, 2.24) is 0 Å². The van der Waals surface area contributed by atoms with Crippen molar-refractivity contribution in [2.45, 2.75) is 32.6 Å². The molecule has 1 aliphatic rings. The van der Waals surface area contributed by atoms with Crippen LogP contribution in [0.25, 0.3) is 0 Å². The van der Waals surface area contributed by atoms with Gasteiger partial charge >= 0.3 is 0 Å². The maximum absolute atomic E-state index is 13.3. The summed E-state index contributed by atoms with van der Waals surface area (Å²) in [7, 11) is 0. The maximum Gasteiger partial charge on any atom is 0.124 e. The quantitative estimate of drug-likeness (QED) is 0.609. The summed E-state index contributed by atoms with van der Waals surface area (Å²) >= 11 is 0. The van der Waals surface area contributed by atoms with Gasteiger partial charge in [0.2, 0.25) is 0 Å². The van der Waals surface area contributed by atoms with Crippen LogP contribution in [0, 0.1) is 23.6 Å². The van der Waals surface area contributed by atoms with E-state index in [2.05, 4.69) is 25.7 Å². The van der Waals surface area contributed by atoms with Crippen LogP contribution >= 0.6 is 0 Å². The van der Waals surface area contributed by atoms with Crippen LogP contribution in [0.1, 0.15) is 43.7 Å². The molecule has 0 aliphatic heterocycles. The smallest absolute Gasteiger partial charge is 0.124 e. The van der Waals surface area contributed by atoms with Gasteiger partial charge in [0.1, 0.15) is 5.82 Å². The minimum atomic E-state index is -0.179. The zero-order valence-electron chi connectivity index (χ0n) is 9.18. The van der Waals surface area contributed by atoms with Gasteiger partial charge in [-0.1, -0.05) is 25.7 Å². The average Bonchev–Trinajstić information content (AvgIpc) is 2.97. The van der Waals surface area contributed by atoms with E-state index >= 15 is 0 Å². The minimum absolute atomic E-state index is 0.179. The average molecular weight is 202 g/mol. The van der Waals surface area contributed by atoms with Crippen molar-refractivity contribution in [3.05, 3.63) is 35.1 Å². The molecule has 0 nitrogen and oxygen atoms in total. The molecule has 0 aromatic heterocycles. The molecule has 0 N–H and O–H groups in total. The third-order valence-corrected chi connectivity index (χ3v) is 2.58. The molecule has 0 atom stereocenters. The fourth-order valence-electron chi connectivity index (χ4n) is 1.43. The van der Waals surface area contributed by atoms with Crippen molar-refractivity contribution in [2.24, 2.45) is 5.92 Å². The molecule has 1 saturated carbocycles. The summed E-state index contributed by atoms with van der Waals surface area (Å²) in [6, 6.07) is 5.09. The van der Waals surface area contributed by atoms with Crippen LogP contribution in [0.2, 0.25) is 0 Å². The molecule has 1 aliphatic carbocycles. The summed E-state index contributed by atoms with van der Waals surface area (Å²) in [5.74, 6) is 6.94. The van der Waals surface area contributed by atoms with Crippen LogP contribution in [-0.4, -0.2) is 0 Å². The molecule has 0 radical (unpaired) electrons. The highest BCUT2D eigenvalue weighted by Crippen LogP contribution is 2.27. The van der Waals surface area contributed by atoms with Crippen molar-refractivity contribution < 1.29 is 4.39 Å². The standard InChI is InChI=1S/C14H15F/c1-10(2)13-7-12(8-14(15)9-13)6-5-11-3-4-11/h7-11H,3-4H2,1-2H3. The molecule has 15 heavy (non-hydrogen) atoms. The zero-order chi connectivity index (χ0) is 10.8. The Hall–Kier alpha value is -1.29. The highest BCUT2D eigenvalue weighted by Gasteiger charge is 2.17. The molecule has 0 heterocycles. The molecule has 78 valence electrons. The fraction of sp³-hybridized carbons (Fsp3) is 0.429. The maximum atomic E-state index is 13.3. The lowest BCUT2D eigenvalue weighted by molar-refractivity contribution is 0.623. The Morgan fingerprint density at radius 2 is 2.00 bits per heavy atom. The Bertz CT molecular complexity index is 417. The first-order chi connectivity index (χ1) is 7.15. The van der Waals surface area contributed by atoms with Crippen LogP contribution in [-0.2, 0) is 0 Å². The van der Waals surface area contributed by atoms with E-state index in [0.717, 1.165) is 11.1 Å². The van der Waals surface area contributed by atoms with Crippen LogP contribution < -0.4 is 0 Å². The Labute approximate surface area is 90.5 Å². The highest BCUT2D eigenvalue weighted by molar-refractivity contribution is 5.39. The molecule has 1 fully saturated rings.